The number of benzene rings is 1. The molecule has 0 spiro atoms. The van der Waals surface area contributed by atoms with Gasteiger partial charge >= 0.3 is 0 Å². The number of aryl methyl sites for hydroxylation is 1. The van der Waals surface area contributed by atoms with E-state index in [1.54, 1.807) is 0 Å². The van der Waals surface area contributed by atoms with Crippen LogP contribution in [0.3, 0.4) is 0 Å². The largest absolute Gasteiger partial charge is 0.312 e. The minimum absolute atomic E-state index is 0.147. The highest BCUT2D eigenvalue weighted by Crippen LogP contribution is 2.24. The maximum Gasteiger partial charge on any atom is 0.0641 e. The van der Waals surface area contributed by atoms with Gasteiger partial charge in [0.25, 0.3) is 0 Å². The normalized spacial score (nSPS) is 12.2. The Balaban J connectivity index is 3.14. The molecule has 15 heavy (non-hydrogen) atoms. The van der Waals surface area contributed by atoms with Crippen LogP contribution < -0.4 is 5.32 Å². The minimum atomic E-state index is 0.147. The molecule has 0 saturated carbocycles. The van der Waals surface area contributed by atoms with Crippen LogP contribution in [-0.2, 0) is 0 Å². The standard InChI is InChI=1S/C13H18N2/c1-9-5-6-12(11(3)10(9)2)13(15-4)7-8-14/h5-6,13,15H,7H2,1-4H3. The Morgan fingerprint density at radius 2 is 1.93 bits per heavy atom. The molecule has 2 nitrogen and oxygen atoms in total. The van der Waals surface area contributed by atoms with Gasteiger partial charge < -0.3 is 5.32 Å². The fraction of sp³-hybridized carbons (Fsp3) is 0.462. The summed E-state index contributed by atoms with van der Waals surface area (Å²) in [6.45, 7) is 6.37. The van der Waals surface area contributed by atoms with E-state index in [1.807, 2.05) is 7.05 Å². The van der Waals surface area contributed by atoms with Gasteiger partial charge in [-0.05, 0) is 50.1 Å². The van der Waals surface area contributed by atoms with Crippen LogP contribution in [0.5, 0.6) is 0 Å². The summed E-state index contributed by atoms with van der Waals surface area (Å²) in [5.41, 5.74) is 5.17. The molecule has 2 heteroatoms. The van der Waals surface area contributed by atoms with E-state index < -0.39 is 0 Å². The lowest BCUT2D eigenvalue weighted by molar-refractivity contribution is 0.604. The van der Waals surface area contributed by atoms with Crippen molar-refractivity contribution >= 4 is 0 Å². The maximum atomic E-state index is 8.75. The predicted octanol–water partition coefficient (Wildman–Crippen LogP) is 2.79. The molecular weight excluding hydrogens is 184 g/mol. The molecule has 1 unspecified atom stereocenters. The summed E-state index contributed by atoms with van der Waals surface area (Å²) < 4.78 is 0. The average Bonchev–Trinajstić information content (AvgIpc) is 2.24. The van der Waals surface area contributed by atoms with Crippen molar-refractivity contribution in [1.82, 2.24) is 5.32 Å². The second kappa shape index (κ2) is 4.95. The molecule has 0 aliphatic heterocycles. The first kappa shape index (κ1) is 11.7. The van der Waals surface area contributed by atoms with E-state index in [0.29, 0.717) is 6.42 Å². The lowest BCUT2D eigenvalue weighted by Crippen LogP contribution is -2.17. The van der Waals surface area contributed by atoms with Gasteiger partial charge in [0.05, 0.1) is 12.5 Å². The van der Waals surface area contributed by atoms with Crippen LogP contribution in [0.15, 0.2) is 12.1 Å². The Hall–Kier alpha value is -1.33. The lowest BCUT2D eigenvalue weighted by Gasteiger charge is -2.18. The quantitative estimate of drug-likeness (QED) is 0.818. The van der Waals surface area contributed by atoms with Gasteiger partial charge in [-0.25, -0.2) is 0 Å². The predicted molar refractivity (Wildman–Crippen MR) is 62.7 cm³/mol. The molecule has 0 aliphatic rings. The Kier molecular flexibility index (Phi) is 3.88. The summed E-state index contributed by atoms with van der Waals surface area (Å²) in [6, 6.07) is 6.61. The van der Waals surface area contributed by atoms with Crippen molar-refractivity contribution in [3.63, 3.8) is 0 Å². The Labute approximate surface area is 91.9 Å². The summed E-state index contributed by atoms with van der Waals surface area (Å²) in [4.78, 5) is 0. The van der Waals surface area contributed by atoms with Gasteiger partial charge in [-0.1, -0.05) is 12.1 Å². The molecule has 1 aromatic rings. The lowest BCUT2D eigenvalue weighted by atomic mass is 9.93. The van der Waals surface area contributed by atoms with E-state index >= 15 is 0 Å². The van der Waals surface area contributed by atoms with Gasteiger partial charge in [0.1, 0.15) is 0 Å². The number of hydrogen-bond acceptors (Lipinski definition) is 2. The molecule has 1 rings (SSSR count). The molecule has 0 aliphatic carbocycles. The smallest absolute Gasteiger partial charge is 0.0641 e. The van der Waals surface area contributed by atoms with Crippen molar-refractivity contribution in [2.75, 3.05) is 7.05 Å². The van der Waals surface area contributed by atoms with Crippen LogP contribution in [0.1, 0.15) is 34.7 Å². The first-order chi connectivity index (χ1) is 7.11. The second-order valence-electron chi connectivity index (χ2n) is 3.93. The Morgan fingerprint density at radius 1 is 1.27 bits per heavy atom. The molecule has 0 heterocycles. The van der Waals surface area contributed by atoms with Gasteiger partial charge in [0.15, 0.2) is 0 Å². The monoisotopic (exact) mass is 202 g/mol. The molecule has 0 saturated heterocycles. The van der Waals surface area contributed by atoms with Gasteiger partial charge in [-0.2, -0.15) is 5.26 Å². The Bertz CT molecular complexity index is 388. The third kappa shape index (κ3) is 2.37. The maximum absolute atomic E-state index is 8.75. The summed E-state index contributed by atoms with van der Waals surface area (Å²) in [7, 11) is 1.90. The molecule has 0 bridgehead atoms. The molecule has 0 fully saturated rings. The van der Waals surface area contributed by atoms with Crippen LogP contribution in [0.2, 0.25) is 0 Å². The number of rotatable bonds is 3. The highest BCUT2D eigenvalue weighted by Gasteiger charge is 2.12. The first-order valence-corrected chi connectivity index (χ1v) is 5.22. The molecule has 80 valence electrons. The molecule has 1 aromatic carbocycles. The van der Waals surface area contributed by atoms with Crippen molar-refractivity contribution in [3.8, 4) is 6.07 Å². The van der Waals surface area contributed by atoms with E-state index in [9.17, 15) is 0 Å². The topological polar surface area (TPSA) is 35.8 Å². The van der Waals surface area contributed by atoms with Crippen LogP contribution in [0, 0.1) is 32.1 Å². The fourth-order valence-corrected chi connectivity index (χ4v) is 1.81. The molecule has 0 amide bonds. The summed E-state index contributed by atoms with van der Waals surface area (Å²) in [5.74, 6) is 0. The third-order valence-electron chi connectivity index (χ3n) is 3.12. The molecule has 1 atom stereocenters. The fourth-order valence-electron chi connectivity index (χ4n) is 1.81. The van der Waals surface area contributed by atoms with Crippen molar-refractivity contribution < 1.29 is 0 Å². The third-order valence-corrected chi connectivity index (χ3v) is 3.12. The van der Waals surface area contributed by atoms with E-state index in [-0.39, 0.29) is 6.04 Å². The zero-order valence-corrected chi connectivity index (χ0v) is 9.89. The van der Waals surface area contributed by atoms with Crippen LogP contribution >= 0.6 is 0 Å². The summed E-state index contributed by atoms with van der Waals surface area (Å²) >= 11 is 0. The zero-order chi connectivity index (χ0) is 11.4. The number of nitrogens with zero attached hydrogens (tertiary/aromatic N) is 1. The highest BCUT2D eigenvalue weighted by atomic mass is 14.9. The van der Waals surface area contributed by atoms with E-state index in [1.165, 1.54) is 22.3 Å². The van der Waals surface area contributed by atoms with Gasteiger partial charge in [0.2, 0.25) is 0 Å². The van der Waals surface area contributed by atoms with Crippen molar-refractivity contribution in [1.29, 1.82) is 5.26 Å². The zero-order valence-electron chi connectivity index (χ0n) is 9.89. The van der Waals surface area contributed by atoms with E-state index in [0.717, 1.165) is 0 Å². The van der Waals surface area contributed by atoms with E-state index in [2.05, 4.69) is 44.3 Å². The van der Waals surface area contributed by atoms with Crippen molar-refractivity contribution in [2.24, 2.45) is 0 Å². The van der Waals surface area contributed by atoms with Crippen molar-refractivity contribution in [3.05, 3.63) is 34.4 Å². The minimum Gasteiger partial charge on any atom is -0.312 e. The SMILES string of the molecule is CNC(CC#N)c1ccc(C)c(C)c1C. The number of nitrogens with one attached hydrogen (secondary N) is 1. The molecule has 0 aromatic heterocycles. The summed E-state index contributed by atoms with van der Waals surface area (Å²) in [6.07, 6.45) is 0.514. The highest BCUT2D eigenvalue weighted by molar-refractivity contribution is 5.40. The molecular formula is C13H18N2. The first-order valence-electron chi connectivity index (χ1n) is 5.22. The Morgan fingerprint density at radius 3 is 2.47 bits per heavy atom. The second-order valence-corrected chi connectivity index (χ2v) is 3.93. The average molecular weight is 202 g/mol. The van der Waals surface area contributed by atoms with Gasteiger partial charge in [0, 0.05) is 6.04 Å². The van der Waals surface area contributed by atoms with Crippen LogP contribution in [0.4, 0.5) is 0 Å². The van der Waals surface area contributed by atoms with Crippen LogP contribution in [0.25, 0.3) is 0 Å². The van der Waals surface area contributed by atoms with Crippen LogP contribution in [-0.4, -0.2) is 7.05 Å². The van der Waals surface area contributed by atoms with E-state index in [4.69, 9.17) is 5.26 Å². The number of nitriles is 1. The number of hydrogen-bond donors (Lipinski definition) is 1. The van der Waals surface area contributed by atoms with Crippen molar-refractivity contribution in [2.45, 2.75) is 33.2 Å². The molecule has 0 radical (unpaired) electrons. The van der Waals surface area contributed by atoms with Gasteiger partial charge in [-0.15, -0.1) is 0 Å². The summed E-state index contributed by atoms with van der Waals surface area (Å²) in [5, 5.41) is 11.9. The van der Waals surface area contributed by atoms with Gasteiger partial charge in [-0.3, -0.25) is 0 Å². The molecule has 1 N–H and O–H groups in total.